The third-order valence-corrected chi connectivity index (χ3v) is 16.6. The molecule has 0 saturated heterocycles. The molecule has 4 fully saturated rings. The van der Waals surface area contributed by atoms with Gasteiger partial charge in [-0.3, -0.25) is 14.4 Å². The maximum atomic E-state index is 13.0. The number of hydrogen-bond acceptors (Lipinski definition) is 9. The van der Waals surface area contributed by atoms with Crippen LogP contribution in [0.15, 0.2) is 0 Å². The number of hydrogen-bond donors (Lipinski definition) is 0. The lowest BCUT2D eigenvalue weighted by Crippen LogP contribution is -2.31. The number of carbonyl (C=O) groups excluding carboxylic acids is 3. The van der Waals surface area contributed by atoms with Gasteiger partial charge in [-0.1, -0.05) is 116 Å². The van der Waals surface area contributed by atoms with Crippen LogP contribution in [0.2, 0.25) is 0 Å². The maximum absolute atomic E-state index is 13.0. The first-order chi connectivity index (χ1) is 29.4. The van der Waals surface area contributed by atoms with Gasteiger partial charge in [0.1, 0.15) is 18.3 Å². The molecule has 4 saturated carbocycles. The average Bonchev–Trinajstić information content (AvgIpc) is 3.27. The number of ether oxygens (including phenoxy) is 3. The summed E-state index contributed by atoms with van der Waals surface area (Å²) in [6.07, 6.45) is 39.0. The van der Waals surface area contributed by atoms with Gasteiger partial charge in [0.2, 0.25) is 0 Å². The average molecular weight is 878 g/mol. The number of rotatable bonds is 31. The maximum Gasteiger partial charge on any atom is 0.306 e. The SMILES string of the molecule is CN(C)CCCC(=O)OC(CCCCCSCC(OC(=O)CCC1CCCCC1)C1CCCCC1)CCCCCSCC(OC(=O)CCC1CCCCC1)C1CCCCC1. The molecule has 0 aliphatic heterocycles. The summed E-state index contributed by atoms with van der Waals surface area (Å²) in [6.45, 7) is 0.900. The smallest absolute Gasteiger partial charge is 0.306 e. The second-order valence-electron chi connectivity index (χ2n) is 19.8. The highest BCUT2D eigenvalue weighted by Crippen LogP contribution is 2.33. The first-order valence-electron chi connectivity index (χ1n) is 25.7. The fourth-order valence-electron chi connectivity index (χ4n) is 10.5. The van der Waals surface area contributed by atoms with E-state index in [1.807, 2.05) is 37.6 Å². The molecule has 0 radical (unpaired) electrons. The summed E-state index contributed by atoms with van der Waals surface area (Å²) in [5.41, 5.74) is 0. The fraction of sp³-hybridized carbons (Fsp3) is 0.941. The molecule has 0 N–H and O–H groups in total. The van der Waals surface area contributed by atoms with Gasteiger partial charge in [-0.2, -0.15) is 23.5 Å². The quantitative estimate of drug-likeness (QED) is 0.0384. The van der Waals surface area contributed by atoms with Crippen LogP contribution < -0.4 is 0 Å². The number of nitrogens with zero attached hydrogens (tertiary/aromatic N) is 1. The monoisotopic (exact) mass is 878 g/mol. The number of thioether (sulfide) groups is 2. The van der Waals surface area contributed by atoms with Gasteiger partial charge >= 0.3 is 17.9 Å². The van der Waals surface area contributed by atoms with Gasteiger partial charge in [0, 0.05) is 30.8 Å². The highest BCUT2D eigenvalue weighted by atomic mass is 32.2. The first kappa shape index (κ1) is 51.7. The number of esters is 3. The normalized spacial score (nSPS) is 20.4. The van der Waals surface area contributed by atoms with Crippen molar-refractivity contribution in [1.29, 1.82) is 0 Å². The van der Waals surface area contributed by atoms with Crippen LogP contribution >= 0.6 is 23.5 Å². The Morgan fingerprint density at radius 3 is 1.30 bits per heavy atom. The van der Waals surface area contributed by atoms with E-state index in [0.29, 0.717) is 31.1 Å². The molecule has 0 bridgehead atoms. The second kappa shape index (κ2) is 32.7. The van der Waals surface area contributed by atoms with Crippen molar-refractivity contribution in [3.63, 3.8) is 0 Å². The zero-order valence-corrected chi connectivity index (χ0v) is 40.5. The van der Waals surface area contributed by atoms with Crippen molar-refractivity contribution in [3.05, 3.63) is 0 Å². The third kappa shape index (κ3) is 23.7. The van der Waals surface area contributed by atoms with Crippen LogP contribution in [-0.4, -0.2) is 84.8 Å². The van der Waals surface area contributed by atoms with Gasteiger partial charge in [-0.25, -0.2) is 0 Å². The summed E-state index contributed by atoms with van der Waals surface area (Å²) < 4.78 is 18.6. The van der Waals surface area contributed by atoms with E-state index in [0.717, 1.165) is 112 Å². The number of unbranched alkanes of at least 4 members (excludes halogenated alkanes) is 4. The van der Waals surface area contributed by atoms with Crippen LogP contribution in [0, 0.1) is 23.7 Å². The van der Waals surface area contributed by atoms with Crippen LogP contribution in [0.3, 0.4) is 0 Å². The van der Waals surface area contributed by atoms with Gasteiger partial charge in [0.15, 0.2) is 0 Å². The molecule has 4 rings (SSSR count). The fourth-order valence-corrected chi connectivity index (χ4v) is 12.8. The summed E-state index contributed by atoms with van der Waals surface area (Å²) in [5.74, 6) is 6.58. The molecule has 0 aromatic rings. The molecule has 4 aliphatic rings. The van der Waals surface area contributed by atoms with Crippen LogP contribution in [0.1, 0.15) is 218 Å². The summed E-state index contributed by atoms with van der Waals surface area (Å²) in [7, 11) is 4.10. The molecule has 0 aromatic heterocycles. The molecule has 9 heteroatoms. The first-order valence-corrected chi connectivity index (χ1v) is 28.0. The van der Waals surface area contributed by atoms with E-state index in [4.69, 9.17) is 14.2 Å². The number of carbonyl (C=O) groups is 3. The van der Waals surface area contributed by atoms with E-state index < -0.39 is 0 Å². The van der Waals surface area contributed by atoms with Crippen molar-refractivity contribution < 1.29 is 28.6 Å². The van der Waals surface area contributed by atoms with E-state index in [2.05, 4.69) is 4.90 Å². The Morgan fingerprint density at radius 1 is 0.483 bits per heavy atom. The Morgan fingerprint density at radius 2 is 0.883 bits per heavy atom. The predicted molar refractivity (Wildman–Crippen MR) is 254 cm³/mol. The molecule has 7 nitrogen and oxygen atoms in total. The Labute approximate surface area is 377 Å². The Kier molecular flexibility index (Phi) is 28.2. The zero-order chi connectivity index (χ0) is 42.5. The largest absolute Gasteiger partial charge is 0.462 e. The lowest BCUT2D eigenvalue weighted by Gasteiger charge is -2.30. The van der Waals surface area contributed by atoms with E-state index >= 15 is 0 Å². The molecule has 2 atom stereocenters. The topological polar surface area (TPSA) is 82.1 Å². The summed E-state index contributed by atoms with van der Waals surface area (Å²) in [6, 6.07) is 0. The predicted octanol–water partition coefficient (Wildman–Crippen LogP) is 13.5. The van der Waals surface area contributed by atoms with E-state index in [1.165, 1.54) is 128 Å². The van der Waals surface area contributed by atoms with Crippen molar-refractivity contribution >= 4 is 41.4 Å². The molecule has 0 aromatic carbocycles. The van der Waals surface area contributed by atoms with Crippen molar-refractivity contribution in [2.75, 3.05) is 43.7 Å². The molecule has 348 valence electrons. The molecule has 0 amide bonds. The molecular weight excluding hydrogens is 787 g/mol. The minimum atomic E-state index is -0.0444. The zero-order valence-electron chi connectivity index (χ0n) is 38.8. The highest BCUT2D eigenvalue weighted by molar-refractivity contribution is 7.99. The van der Waals surface area contributed by atoms with Crippen LogP contribution in [0.4, 0.5) is 0 Å². The van der Waals surface area contributed by atoms with Crippen molar-refractivity contribution in [3.8, 4) is 0 Å². The molecule has 60 heavy (non-hydrogen) atoms. The van der Waals surface area contributed by atoms with E-state index in [9.17, 15) is 14.4 Å². The Hall–Kier alpha value is -0.930. The molecule has 0 heterocycles. The Bertz CT molecular complexity index is 1040. The second-order valence-corrected chi connectivity index (χ2v) is 22.1. The van der Waals surface area contributed by atoms with E-state index in [-0.39, 0.29) is 36.2 Å². The van der Waals surface area contributed by atoms with Gasteiger partial charge in [-0.15, -0.1) is 0 Å². The van der Waals surface area contributed by atoms with Gasteiger partial charge in [0.05, 0.1) is 0 Å². The minimum Gasteiger partial charge on any atom is -0.462 e. The van der Waals surface area contributed by atoms with Gasteiger partial charge in [-0.05, 0) is 139 Å². The van der Waals surface area contributed by atoms with Gasteiger partial charge < -0.3 is 19.1 Å². The molecule has 2 unspecified atom stereocenters. The lowest BCUT2D eigenvalue weighted by atomic mass is 9.85. The third-order valence-electron chi connectivity index (χ3n) is 14.4. The Balaban J connectivity index is 1.12. The van der Waals surface area contributed by atoms with Crippen LogP contribution in [-0.2, 0) is 28.6 Å². The van der Waals surface area contributed by atoms with Crippen LogP contribution in [0.5, 0.6) is 0 Å². The van der Waals surface area contributed by atoms with Crippen molar-refractivity contribution in [2.24, 2.45) is 23.7 Å². The lowest BCUT2D eigenvalue weighted by molar-refractivity contribution is -0.152. The minimum absolute atomic E-state index is 0.00423. The molecule has 0 spiro atoms. The summed E-state index contributed by atoms with van der Waals surface area (Å²) in [4.78, 5) is 40.9. The summed E-state index contributed by atoms with van der Waals surface area (Å²) >= 11 is 3.95. The highest BCUT2D eigenvalue weighted by Gasteiger charge is 2.29. The van der Waals surface area contributed by atoms with E-state index in [1.54, 1.807) is 0 Å². The van der Waals surface area contributed by atoms with Crippen molar-refractivity contribution in [2.45, 2.75) is 237 Å². The molecule has 4 aliphatic carbocycles. The standard InChI is InChI=1S/C51H91NO6S2/c1-52(2)37-21-32-49(53)56-46(30-17-7-19-38-59-40-47(44-26-13-5-14-27-44)57-50(54)35-33-42-22-9-3-10-23-42)31-18-8-20-39-60-41-48(45-28-15-6-16-29-45)58-51(55)36-34-43-24-11-4-12-25-43/h42-48H,3-41H2,1-2H3. The van der Waals surface area contributed by atoms with Gasteiger partial charge in [0.25, 0.3) is 0 Å². The van der Waals surface area contributed by atoms with Crippen molar-refractivity contribution in [1.82, 2.24) is 4.90 Å². The van der Waals surface area contributed by atoms with Crippen LogP contribution in [0.25, 0.3) is 0 Å². The summed E-state index contributed by atoms with van der Waals surface area (Å²) in [5, 5.41) is 0. The molecular formula is C51H91NO6S2.